The number of aryl methyl sites for hydroxylation is 1. The Balaban J connectivity index is 2.05. The van der Waals surface area contributed by atoms with Gasteiger partial charge in [0.15, 0.2) is 0 Å². The van der Waals surface area contributed by atoms with Crippen LogP contribution in [0, 0.1) is 6.92 Å². The third-order valence-corrected chi connectivity index (χ3v) is 1.90. The maximum atomic E-state index is 5.52. The third-order valence-electron chi connectivity index (χ3n) is 1.90. The molecule has 0 saturated carbocycles. The number of aromatic nitrogens is 2. The van der Waals surface area contributed by atoms with Gasteiger partial charge in [0.2, 0.25) is 5.95 Å². The zero-order valence-electron chi connectivity index (χ0n) is 8.40. The fourth-order valence-corrected chi connectivity index (χ4v) is 1.27. The molecule has 0 saturated heterocycles. The van der Waals surface area contributed by atoms with E-state index in [-0.39, 0.29) is 5.95 Å². The quantitative estimate of drug-likeness (QED) is 0.793. The van der Waals surface area contributed by atoms with Crippen molar-refractivity contribution in [1.29, 1.82) is 0 Å². The standard InChI is InChI=1S/C10H12N4O/c1-7-5-9(14-10(11)13-7)12-6-8-3-2-4-15-8/h2-5H,6H2,1H3,(H3,11,12,13,14). The van der Waals surface area contributed by atoms with Gasteiger partial charge in [0.05, 0.1) is 12.8 Å². The van der Waals surface area contributed by atoms with Crippen molar-refractivity contribution in [2.75, 3.05) is 11.1 Å². The molecule has 5 heteroatoms. The Morgan fingerprint density at radius 2 is 2.33 bits per heavy atom. The van der Waals surface area contributed by atoms with Gasteiger partial charge in [-0.3, -0.25) is 0 Å². The monoisotopic (exact) mass is 204 g/mol. The Morgan fingerprint density at radius 1 is 1.47 bits per heavy atom. The van der Waals surface area contributed by atoms with Crippen LogP contribution < -0.4 is 11.1 Å². The predicted octanol–water partition coefficient (Wildman–Crippen LogP) is 1.57. The van der Waals surface area contributed by atoms with Crippen LogP contribution in [0.2, 0.25) is 0 Å². The van der Waals surface area contributed by atoms with Crippen LogP contribution in [0.1, 0.15) is 11.5 Å². The number of rotatable bonds is 3. The smallest absolute Gasteiger partial charge is 0.222 e. The molecule has 0 aliphatic carbocycles. The van der Waals surface area contributed by atoms with Crippen molar-refractivity contribution in [2.45, 2.75) is 13.5 Å². The summed E-state index contributed by atoms with van der Waals surface area (Å²) >= 11 is 0. The van der Waals surface area contributed by atoms with E-state index in [4.69, 9.17) is 10.2 Å². The number of anilines is 2. The minimum Gasteiger partial charge on any atom is -0.467 e. The minimum absolute atomic E-state index is 0.275. The average Bonchev–Trinajstić information content (AvgIpc) is 2.65. The van der Waals surface area contributed by atoms with Gasteiger partial charge in [-0.25, -0.2) is 4.98 Å². The highest BCUT2D eigenvalue weighted by molar-refractivity contribution is 5.40. The third kappa shape index (κ3) is 2.46. The number of nitrogens with zero attached hydrogens (tertiary/aromatic N) is 2. The second-order valence-electron chi connectivity index (χ2n) is 3.19. The van der Waals surface area contributed by atoms with Crippen molar-refractivity contribution in [3.63, 3.8) is 0 Å². The highest BCUT2D eigenvalue weighted by Gasteiger charge is 2.00. The first-order valence-electron chi connectivity index (χ1n) is 4.61. The van der Waals surface area contributed by atoms with E-state index in [1.165, 1.54) is 0 Å². The summed E-state index contributed by atoms with van der Waals surface area (Å²) in [5.74, 6) is 1.83. The second-order valence-corrected chi connectivity index (χ2v) is 3.19. The molecule has 0 aliphatic heterocycles. The van der Waals surface area contributed by atoms with Gasteiger partial charge in [-0.05, 0) is 19.1 Å². The summed E-state index contributed by atoms with van der Waals surface area (Å²) in [7, 11) is 0. The molecule has 0 bridgehead atoms. The van der Waals surface area contributed by atoms with Gasteiger partial charge in [-0.15, -0.1) is 0 Å². The van der Waals surface area contributed by atoms with Gasteiger partial charge >= 0.3 is 0 Å². The number of hydrogen-bond donors (Lipinski definition) is 2. The van der Waals surface area contributed by atoms with Gasteiger partial charge in [0, 0.05) is 11.8 Å². The molecule has 0 spiro atoms. The lowest BCUT2D eigenvalue weighted by Crippen LogP contribution is -2.04. The summed E-state index contributed by atoms with van der Waals surface area (Å²) in [5, 5.41) is 3.10. The molecule has 2 heterocycles. The molecular weight excluding hydrogens is 192 g/mol. The molecule has 0 amide bonds. The van der Waals surface area contributed by atoms with Crippen LogP contribution in [-0.2, 0) is 6.54 Å². The molecule has 15 heavy (non-hydrogen) atoms. The van der Waals surface area contributed by atoms with Crippen molar-refractivity contribution in [2.24, 2.45) is 0 Å². The van der Waals surface area contributed by atoms with Crippen LogP contribution >= 0.6 is 0 Å². The van der Waals surface area contributed by atoms with E-state index in [2.05, 4.69) is 15.3 Å². The van der Waals surface area contributed by atoms with Gasteiger partial charge in [0.1, 0.15) is 11.6 Å². The van der Waals surface area contributed by atoms with E-state index in [0.29, 0.717) is 12.4 Å². The first-order chi connectivity index (χ1) is 7.24. The van der Waals surface area contributed by atoms with Gasteiger partial charge in [0.25, 0.3) is 0 Å². The Morgan fingerprint density at radius 3 is 3.00 bits per heavy atom. The zero-order chi connectivity index (χ0) is 10.7. The lowest BCUT2D eigenvalue weighted by molar-refractivity contribution is 0.518. The molecule has 0 fully saturated rings. The van der Waals surface area contributed by atoms with Crippen molar-refractivity contribution < 1.29 is 4.42 Å². The Labute approximate surface area is 87.3 Å². The highest BCUT2D eigenvalue weighted by Crippen LogP contribution is 2.09. The van der Waals surface area contributed by atoms with Crippen LogP contribution in [0.4, 0.5) is 11.8 Å². The van der Waals surface area contributed by atoms with Crippen molar-refractivity contribution in [1.82, 2.24) is 9.97 Å². The maximum absolute atomic E-state index is 5.52. The Kier molecular flexibility index (Phi) is 2.53. The molecule has 0 aliphatic rings. The fraction of sp³-hybridized carbons (Fsp3) is 0.200. The Bertz CT molecular complexity index is 418. The lowest BCUT2D eigenvalue weighted by atomic mass is 10.4. The fourth-order valence-electron chi connectivity index (χ4n) is 1.27. The molecule has 0 unspecified atom stereocenters. The second kappa shape index (κ2) is 4.00. The SMILES string of the molecule is Cc1cc(NCc2ccco2)nc(N)n1. The maximum Gasteiger partial charge on any atom is 0.222 e. The van der Waals surface area contributed by atoms with E-state index in [1.807, 2.05) is 25.1 Å². The molecule has 2 aromatic rings. The van der Waals surface area contributed by atoms with E-state index >= 15 is 0 Å². The van der Waals surface area contributed by atoms with Crippen LogP contribution in [0.15, 0.2) is 28.9 Å². The van der Waals surface area contributed by atoms with E-state index in [1.54, 1.807) is 6.26 Å². The molecule has 0 atom stereocenters. The summed E-state index contributed by atoms with van der Waals surface area (Å²) in [4.78, 5) is 8.03. The van der Waals surface area contributed by atoms with Gasteiger partial charge in [-0.1, -0.05) is 0 Å². The van der Waals surface area contributed by atoms with Crippen LogP contribution in [0.5, 0.6) is 0 Å². The zero-order valence-corrected chi connectivity index (χ0v) is 8.40. The predicted molar refractivity (Wildman–Crippen MR) is 57.2 cm³/mol. The number of nitrogens with one attached hydrogen (secondary N) is 1. The van der Waals surface area contributed by atoms with Crippen molar-refractivity contribution >= 4 is 11.8 Å². The molecule has 0 aromatic carbocycles. The largest absolute Gasteiger partial charge is 0.467 e. The van der Waals surface area contributed by atoms with Crippen LogP contribution in [-0.4, -0.2) is 9.97 Å². The van der Waals surface area contributed by atoms with Crippen LogP contribution in [0.25, 0.3) is 0 Å². The highest BCUT2D eigenvalue weighted by atomic mass is 16.3. The normalized spacial score (nSPS) is 10.2. The summed E-state index contributed by atoms with van der Waals surface area (Å²) < 4.78 is 5.18. The summed E-state index contributed by atoms with van der Waals surface area (Å²) in [5.41, 5.74) is 6.36. The Hall–Kier alpha value is -2.04. The molecule has 2 aromatic heterocycles. The first kappa shape index (κ1) is 9.51. The summed E-state index contributed by atoms with van der Waals surface area (Å²) in [6, 6.07) is 5.57. The van der Waals surface area contributed by atoms with Gasteiger partial charge < -0.3 is 15.5 Å². The molecule has 2 rings (SSSR count). The van der Waals surface area contributed by atoms with Gasteiger partial charge in [-0.2, -0.15) is 4.98 Å². The van der Waals surface area contributed by atoms with E-state index in [9.17, 15) is 0 Å². The van der Waals surface area contributed by atoms with Crippen molar-refractivity contribution in [3.05, 3.63) is 35.9 Å². The molecule has 5 nitrogen and oxygen atoms in total. The first-order valence-corrected chi connectivity index (χ1v) is 4.61. The summed E-state index contributed by atoms with van der Waals surface area (Å²) in [6.07, 6.45) is 1.64. The van der Waals surface area contributed by atoms with Crippen molar-refractivity contribution in [3.8, 4) is 0 Å². The van der Waals surface area contributed by atoms with E-state index < -0.39 is 0 Å². The molecule has 78 valence electrons. The number of nitrogens with two attached hydrogens (primary N) is 1. The number of hydrogen-bond acceptors (Lipinski definition) is 5. The van der Waals surface area contributed by atoms with E-state index in [0.717, 1.165) is 11.5 Å². The minimum atomic E-state index is 0.275. The number of furan rings is 1. The molecule has 0 radical (unpaired) electrons. The topological polar surface area (TPSA) is 77.0 Å². The lowest BCUT2D eigenvalue weighted by Gasteiger charge is -2.04. The molecule has 3 N–H and O–H groups in total. The summed E-state index contributed by atoms with van der Waals surface area (Å²) in [6.45, 7) is 2.46. The number of nitrogen functional groups attached to an aromatic ring is 1. The molecular formula is C10H12N4O. The van der Waals surface area contributed by atoms with Crippen LogP contribution in [0.3, 0.4) is 0 Å². The average molecular weight is 204 g/mol.